The number of terminal acetylenes is 1. The molecule has 0 radical (unpaired) electrons. The Balaban J connectivity index is 1.06. The molecule has 0 unspecified atom stereocenters. The summed E-state index contributed by atoms with van der Waals surface area (Å²) in [6.45, 7) is 10.5. The van der Waals surface area contributed by atoms with Crippen LogP contribution in [0.2, 0.25) is 0 Å². The van der Waals surface area contributed by atoms with Crippen LogP contribution in [0.4, 0.5) is 9.59 Å². The van der Waals surface area contributed by atoms with Crippen LogP contribution in [0.15, 0.2) is 72.8 Å². The zero-order valence-corrected chi connectivity index (χ0v) is 43.3. The van der Waals surface area contributed by atoms with Crippen LogP contribution < -0.4 is 10.6 Å². The summed E-state index contributed by atoms with van der Waals surface area (Å²) in [5.74, 6) is 3.76. The number of benzene rings is 4. The summed E-state index contributed by atoms with van der Waals surface area (Å²) in [5.41, 5.74) is 12.7. The number of carbonyl (C=O) groups excluding carboxylic acids is 4. The zero-order valence-electron chi connectivity index (χ0n) is 43.3. The molecular formula is C57H68N8O8. The Hall–Kier alpha value is -7.22. The number of hydrogen-bond acceptors (Lipinski definition) is 10. The van der Waals surface area contributed by atoms with Crippen LogP contribution in [0.1, 0.15) is 106 Å². The topological polar surface area (TPSA) is 193 Å². The number of aromatic nitrogens is 4. The Kier molecular flexibility index (Phi) is 16.2. The van der Waals surface area contributed by atoms with Gasteiger partial charge in [-0.1, -0.05) is 62.4 Å². The van der Waals surface area contributed by atoms with Gasteiger partial charge in [0.25, 0.3) is 0 Å². The highest BCUT2D eigenvalue weighted by atomic mass is 16.5. The van der Waals surface area contributed by atoms with Crippen LogP contribution in [0.3, 0.4) is 0 Å². The van der Waals surface area contributed by atoms with E-state index in [-0.39, 0.29) is 29.7 Å². The van der Waals surface area contributed by atoms with Crippen molar-refractivity contribution in [1.29, 1.82) is 0 Å². The second-order valence-corrected chi connectivity index (χ2v) is 19.4. The molecule has 16 heteroatoms. The van der Waals surface area contributed by atoms with Crippen molar-refractivity contribution in [2.24, 2.45) is 5.92 Å². The minimum atomic E-state index is -0.971. The number of nitrogens with zero attached hydrogens (tertiary/aromatic N) is 4. The fraction of sp³-hybridized carbons (Fsp3) is 0.439. The van der Waals surface area contributed by atoms with E-state index in [4.69, 9.17) is 35.3 Å². The van der Waals surface area contributed by atoms with Gasteiger partial charge in [-0.3, -0.25) is 9.59 Å². The quantitative estimate of drug-likeness (QED) is 0.0681. The lowest BCUT2D eigenvalue weighted by atomic mass is 9.84. The number of likely N-dealkylation sites (N-methyl/N-ethyl adjacent to an activating group) is 1. The van der Waals surface area contributed by atoms with Crippen molar-refractivity contribution >= 4 is 46.1 Å². The SMILES string of the molecule is C#CC[C@@H]1C[C@@H](c2nc3cc(-c4cc5ccc4C[C@@H](C)c4ccc(c(-c6ccc7[nH]c([C@H](CC)N(CC)C(=O)[C@@H](NC(=O)OC)[C@@H](C)OC)nc7c6)c4)CC5)ccc3[nH]2)N(C(=O)[C@@H](NC(=O)OC)[C@@H](C)OC)C1. The zero-order chi connectivity index (χ0) is 52.1. The number of ether oxygens (including phenoxy) is 4. The van der Waals surface area contributed by atoms with E-state index in [1.165, 1.54) is 61.8 Å². The summed E-state index contributed by atoms with van der Waals surface area (Å²) in [6.07, 6.45) is 7.30. The Morgan fingerprint density at radius 2 is 1.42 bits per heavy atom. The third-order valence-electron chi connectivity index (χ3n) is 14.9. The summed E-state index contributed by atoms with van der Waals surface area (Å²) in [5, 5.41) is 5.33. The van der Waals surface area contributed by atoms with Crippen LogP contribution in [-0.2, 0) is 47.8 Å². The van der Waals surface area contributed by atoms with Crippen molar-refractivity contribution in [3.8, 4) is 34.6 Å². The molecule has 1 fully saturated rings. The van der Waals surface area contributed by atoms with Crippen LogP contribution in [0.5, 0.6) is 0 Å². The molecule has 1 aliphatic heterocycles. The highest BCUT2D eigenvalue weighted by Gasteiger charge is 2.42. The highest BCUT2D eigenvalue weighted by Crippen LogP contribution is 2.40. The second-order valence-electron chi connectivity index (χ2n) is 19.4. The largest absolute Gasteiger partial charge is 0.453 e. The van der Waals surface area contributed by atoms with E-state index >= 15 is 0 Å². The fourth-order valence-corrected chi connectivity index (χ4v) is 10.6. The molecule has 1 saturated heterocycles. The number of carbonyl (C=O) groups is 4. The van der Waals surface area contributed by atoms with Gasteiger partial charge in [0, 0.05) is 33.7 Å². The number of alkyl carbamates (subject to hydrolysis) is 2. The van der Waals surface area contributed by atoms with Gasteiger partial charge in [0.15, 0.2) is 0 Å². The van der Waals surface area contributed by atoms with Gasteiger partial charge in [-0.2, -0.15) is 0 Å². The Morgan fingerprint density at radius 3 is 2.07 bits per heavy atom. The van der Waals surface area contributed by atoms with Crippen LogP contribution in [-0.4, -0.2) is 120 Å². The van der Waals surface area contributed by atoms with Gasteiger partial charge in [0.2, 0.25) is 11.8 Å². The van der Waals surface area contributed by atoms with Gasteiger partial charge >= 0.3 is 12.2 Å². The molecule has 384 valence electrons. The lowest BCUT2D eigenvalue weighted by Gasteiger charge is -2.33. The molecule has 0 spiro atoms. The second kappa shape index (κ2) is 22.7. The molecule has 8 atom stereocenters. The fourth-order valence-electron chi connectivity index (χ4n) is 10.6. The number of fused-ring (bicyclic) bond motifs is 2. The minimum Gasteiger partial charge on any atom is -0.453 e. The predicted octanol–water partition coefficient (Wildman–Crippen LogP) is 8.95. The summed E-state index contributed by atoms with van der Waals surface area (Å²) < 4.78 is 20.7. The lowest BCUT2D eigenvalue weighted by Crippen LogP contribution is -2.54. The Labute approximate surface area is 427 Å². The van der Waals surface area contributed by atoms with Crippen molar-refractivity contribution in [3.05, 3.63) is 107 Å². The number of aromatic amines is 2. The summed E-state index contributed by atoms with van der Waals surface area (Å²) in [6, 6.07) is 23.7. The van der Waals surface area contributed by atoms with E-state index in [1.807, 2.05) is 13.8 Å². The third kappa shape index (κ3) is 10.9. The maximum Gasteiger partial charge on any atom is 0.407 e. The van der Waals surface area contributed by atoms with E-state index in [0.717, 1.165) is 52.5 Å². The molecule has 4 amide bonds. The molecule has 4 aliphatic carbocycles. The number of hydrogen-bond donors (Lipinski definition) is 4. The number of nitrogens with one attached hydrogen (secondary N) is 4. The smallest absolute Gasteiger partial charge is 0.407 e. The average molecular weight is 993 g/mol. The maximum atomic E-state index is 14.2. The highest BCUT2D eigenvalue weighted by molar-refractivity contribution is 5.89. The standard InChI is InChI=1S/C57H68N8O8/c1-11-14-36-27-49(65(31-36)55(67)51(34(6)71-8)63-57(69)73-10)53-59-45-23-21-40(29-47(45)61-53)42-26-35-15-17-37-19-20-38(32(4)25-39(42)18-16-35)28-43(37)41-22-24-44-46(30-41)60-52(58-44)48(12-2)64(13-3)54(66)50(33(5)70-7)62-56(68)72-9/h1,16,18-24,26,28-30,32-34,36,48-51H,12-15,17,25,27,31H2,2-10H3,(H,58,60)(H,59,61)(H,62,68)(H,63,69)/t32-,33-,34-,36-,48+,49+,50+,51+/m1/s1. The number of methoxy groups -OCH3 is 4. The molecule has 5 aliphatic rings. The first-order valence-electron chi connectivity index (χ1n) is 25.3. The molecule has 3 heterocycles. The number of amides is 4. The van der Waals surface area contributed by atoms with Gasteiger partial charge in [-0.15, -0.1) is 12.3 Å². The number of rotatable bonds is 16. The third-order valence-corrected chi connectivity index (χ3v) is 14.9. The Morgan fingerprint density at radius 1 is 0.795 bits per heavy atom. The summed E-state index contributed by atoms with van der Waals surface area (Å²) in [4.78, 5) is 73.6. The van der Waals surface area contributed by atoms with Gasteiger partial charge in [-0.25, -0.2) is 19.6 Å². The molecule has 16 nitrogen and oxygen atoms in total. The first kappa shape index (κ1) is 52.1. The first-order valence-corrected chi connectivity index (χ1v) is 25.3. The normalized spacial score (nSPS) is 18.5. The van der Waals surface area contributed by atoms with Gasteiger partial charge in [0.1, 0.15) is 23.7 Å². The first-order chi connectivity index (χ1) is 35.2. The molecule has 4 bridgehead atoms. The number of aryl methyl sites for hydroxylation is 2. The van der Waals surface area contributed by atoms with Gasteiger partial charge in [-0.05, 0) is 133 Å². The van der Waals surface area contributed by atoms with Crippen molar-refractivity contribution < 1.29 is 38.1 Å². The molecule has 2 aromatic heterocycles. The average Bonchev–Trinajstić information content (AvgIpc) is 4.16. The van der Waals surface area contributed by atoms with Gasteiger partial charge in [0.05, 0.1) is 60.6 Å². The molecule has 4 N–H and O–H groups in total. The monoisotopic (exact) mass is 993 g/mol. The van der Waals surface area contributed by atoms with Crippen LogP contribution >= 0.6 is 0 Å². The van der Waals surface area contributed by atoms with E-state index in [2.05, 4.69) is 106 Å². The molecule has 4 aromatic carbocycles. The maximum absolute atomic E-state index is 14.2. The number of likely N-dealkylation sites (tertiary alicyclic amines) is 1. The minimum absolute atomic E-state index is 0.0552. The van der Waals surface area contributed by atoms with Crippen molar-refractivity contribution in [2.75, 3.05) is 41.5 Å². The van der Waals surface area contributed by atoms with E-state index < -0.39 is 42.5 Å². The van der Waals surface area contributed by atoms with E-state index in [1.54, 1.807) is 23.6 Å². The van der Waals surface area contributed by atoms with Gasteiger partial charge < -0.3 is 49.3 Å². The number of imidazole rings is 2. The van der Waals surface area contributed by atoms with Crippen LogP contribution in [0, 0.1) is 18.3 Å². The lowest BCUT2D eigenvalue weighted by molar-refractivity contribution is -0.139. The molecule has 73 heavy (non-hydrogen) atoms. The summed E-state index contributed by atoms with van der Waals surface area (Å²) >= 11 is 0. The predicted molar refractivity (Wildman–Crippen MR) is 281 cm³/mol. The summed E-state index contributed by atoms with van der Waals surface area (Å²) in [7, 11) is 5.53. The molecular weight excluding hydrogens is 925 g/mol. The molecule has 6 aromatic rings. The van der Waals surface area contributed by atoms with Crippen molar-refractivity contribution in [1.82, 2.24) is 40.4 Å². The van der Waals surface area contributed by atoms with E-state index in [0.29, 0.717) is 44.0 Å². The Bertz CT molecular complexity index is 3030. The number of H-pyrrole nitrogens is 2. The van der Waals surface area contributed by atoms with E-state index in [9.17, 15) is 19.2 Å². The van der Waals surface area contributed by atoms with Crippen LogP contribution in [0.25, 0.3) is 44.3 Å². The molecule has 0 saturated carbocycles. The van der Waals surface area contributed by atoms with Crippen molar-refractivity contribution in [3.63, 3.8) is 0 Å². The van der Waals surface area contributed by atoms with Crippen molar-refractivity contribution in [2.45, 2.75) is 115 Å². The molecule has 11 rings (SSSR count).